The molecule has 2 atom stereocenters. The molecule has 0 fully saturated rings. The van der Waals surface area contributed by atoms with Gasteiger partial charge in [-0.1, -0.05) is 44.2 Å². The molecule has 2 aromatic rings. The van der Waals surface area contributed by atoms with Gasteiger partial charge in [-0.05, 0) is 42.7 Å². The topological polar surface area (TPSA) is 81.7 Å². The van der Waals surface area contributed by atoms with Crippen molar-refractivity contribution in [2.45, 2.75) is 39.5 Å². The molecule has 0 heterocycles. The zero-order valence-corrected chi connectivity index (χ0v) is 16.6. The number of rotatable bonds is 8. The largest absolute Gasteiger partial charge is 0.453 e. The summed E-state index contributed by atoms with van der Waals surface area (Å²) in [4.78, 5) is 36.9. The summed E-state index contributed by atoms with van der Waals surface area (Å²) in [6.07, 6.45) is -1.85. The average Bonchev–Trinajstić information content (AvgIpc) is 2.70. The first-order chi connectivity index (χ1) is 13.8. The fourth-order valence-corrected chi connectivity index (χ4v) is 2.54. The average molecular weight is 401 g/mol. The van der Waals surface area contributed by atoms with Crippen molar-refractivity contribution < 1.29 is 28.2 Å². The van der Waals surface area contributed by atoms with Crippen LogP contribution in [0.3, 0.4) is 0 Å². The van der Waals surface area contributed by atoms with Crippen LogP contribution in [0.1, 0.15) is 36.7 Å². The smallest absolute Gasteiger partial charge is 0.408 e. The number of halogens is 1. The summed E-state index contributed by atoms with van der Waals surface area (Å²) in [7, 11) is 0. The van der Waals surface area contributed by atoms with Gasteiger partial charge in [0.25, 0.3) is 0 Å². The van der Waals surface area contributed by atoms with E-state index in [9.17, 15) is 18.8 Å². The minimum absolute atomic E-state index is 0.0615. The Labute approximate surface area is 169 Å². The highest BCUT2D eigenvalue weighted by Crippen LogP contribution is 2.12. The van der Waals surface area contributed by atoms with Gasteiger partial charge in [0.15, 0.2) is 6.10 Å². The van der Waals surface area contributed by atoms with Crippen molar-refractivity contribution in [3.05, 3.63) is 71.5 Å². The molecule has 2 aromatic carbocycles. The van der Waals surface area contributed by atoms with Crippen LogP contribution < -0.4 is 5.32 Å². The molecule has 0 spiro atoms. The van der Waals surface area contributed by atoms with Crippen LogP contribution in [-0.2, 0) is 20.9 Å². The molecule has 0 bridgehead atoms. The molecule has 0 radical (unpaired) electrons. The Morgan fingerprint density at radius 2 is 1.59 bits per heavy atom. The Balaban J connectivity index is 1.93. The van der Waals surface area contributed by atoms with E-state index in [2.05, 4.69) is 5.32 Å². The number of carbonyl (C=O) groups excluding carboxylic acids is 3. The molecule has 7 heteroatoms. The molecule has 0 aliphatic rings. The fraction of sp³-hybridized carbons (Fsp3) is 0.318. The Hall–Kier alpha value is -3.22. The zero-order valence-electron chi connectivity index (χ0n) is 16.6. The van der Waals surface area contributed by atoms with Gasteiger partial charge in [0.05, 0.1) is 0 Å². The summed E-state index contributed by atoms with van der Waals surface area (Å²) in [5, 5.41) is 2.48. The van der Waals surface area contributed by atoms with Crippen molar-refractivity contribution in [3.63, 3.8) is 0 Å². The lowest BCUT2D eigenvalue weighted by Gasteiger charge is -2.22. The molecule has 2 rings (SSSR count). The highest BCUT2D eigenvalue weighted by atomic mass is 19.1. The maximum Gasteiger partial charge on any atom is 0.408 e. The van der Waals surface area contributed by atoms with Gasteiger partial charge in [0, 0.05) is 5.56 Å². The zero-order chi connectivity index (χ0) is 21.4. The normalized spacial score (nSPS) is 12.7. The molecule has 0 unspecified atom stereocenters. The van der Waals surface area contributed by atoms with Crippen LogP contribution in [0.2, 0.25) is 0 Å². The molecule has 0 aliphatic heterocycles. The number of esters is 1. The van der Waals surface area contributed by atoms with E-state index in [1.54, 1.807) is 13.8 Å². The fourth-order valence-electron chi connectivity index (χ4n) is 2.54. The van der Waals surface area contributed by atoms with Crippen LogP contribution in [0.25, 0.3) is 0 Å². The lowest BCUT2D eigenvalue weighted by Crippen LogP contribution is -2.46. The first kappa shape index (κ1) is 22.1. The number of carbonyl (C=O) groups is 3. The van der Waals surface area contributed by atoms with Crippen molar-refractivity contribution >= 4 is 17.8 Å². The monoisotopic (exact) mass is 401 g/mol. The van der Waals surface area contributed by atoms with E-state index >= 15 is 0 Å². The van der Waals surface area contributed by atoms with Gasteiger partial charge in [0.2, 0.25) is 5.78 Å². The second-order valence-corrected chi connectivity index (χ2v) is 6.88. The number of nitrogens with one attached hydrogen (secondary N) is 1. The molecule has 0 saturated heterocycles. The Morgan fingerprint density at radius 3 is 2.17 bits per heavy atom. The second-order valence-electron chi connectivity index (χ2n) is 6.88. The Morgan fingerprint density at radius 1 is 0.966 bits per heavy atom. The van der Waals surface area contributed by atoms with Crippen LogP contribution in [0.4, 0.5) is 9.18 Å². The maximum atomic E-state index is 13.0. The van der Waals surface area contributed by atoms with Crippen LogP contribution in [-0.4, -0.2) is 30.0 Å². The molecule has 0 aliphatic carbocycles. The van der Waals surface area contributed by atoms with E-state index in [0.29, 0.717) is 0 Å². The van der Waals surface area contributed by atoms with Crippen LogP contribution in [0.5, 0.6) is 0 Å². The summed E-state index contributed by atoms with van der Waals surface area (Å²) in [6.45, 7) is 4.95. The predicted octanol–water partition coefficient (Wildman–Crippen LogP) is 3.89. The number of alkyl carbamates (subject to hydrolysis) is 1. The van der Waals surface area contributed by atoms with Crippen molar-refractivity contribution in [3.8, 4) is 0 Å². The number of hydrogen-bond donors (Lipinski definition) is 1. The molecule has 0 saturated carbocycles. The minimum Gasteiger partial charge on any atom is -0.453 e. The predicted molar refractivity (Wildman–Crippen MR) is 105 cm³/mol. The van der Waals surface area contributed by atoms with E-state index in [0.717, 1.165) is 17.7 Å². The number of amides is 1. The van der Waals surface area contributed by atoms with Gasteiger partial charge in [-0.15, -0.1) is 0 Å². The van der Waals surface area contributed by atoms with E-state index < -0.39 is 35.8 Å². The highest BCUT2D eigenvalue weighted by Gasteiger charge is 2.29. The quantitative estimate of drug-likeness (QED) is 0.536. The van der Waals surface area contributed by atoms with Crippen LogP contribution in [0, 0.1) is 11.7 Å². The van der Waals surface area contributed by atoms with E-state index in [1.165, 1.54) is 19.1 Å². The lowest BCUT2D eigenvalue weighted by atomic mass is 10.0. The molecule has 6 nitrogen and oxygen atoms in total. The summed E-state index contributed by atoms with van der Waals surface area (Å²) >= 11 is 0. The Kier molecular flexibility index (Phi) is 7.88. The SMILES string of the molecule is CC(C)[C@H](NC(=O)OCc1ccccc1)C(=O)O[C@H](C)C(=O)c1ccc(F)cc1. The number of hydrogen-bond acceptors (Lipinski definition) is 5. The summed E-state index contributed by atoms with van der Waals surface area (Å²) < 4.78 is 23.4. The van der Waals surface area contributed by atoms with Gasteiger partial charge < -0.3 is 14.8 Å². The second kappa shape index (κ2) is 10.4. The first-order valence-corrected chi connectivity index (χ1v) is 9.25. The molecular weight excluding hydrogens is 377 g/mol. The first-order valence-electron chi connectivity index (χ1n) is 9.25. The molecule has 29 heavy (non-hydrogen) atoms. The third-order valence-electron chi connectivity index (χ3n) is 4.20. The van der Waals surface area contributed by atoms with Crippen molar-refractivity contribution in [2.24, 2.45) is 5.92 Å². The molecule has 154 valence electrons. The highest BCUT2D eigenvalue weighted by molar-refractivity contribution is 6.00. The minimum atomic E-state index is -1.09. The summed E-state index contributed by atoms with van der Waals surface area (Å²) in [5.41, 5.74) is 1.04. The van der Waals surface area contributed by atoms with E-state index in [4.69, 9.17) is 9.47 Å². The van der Waals surface area contributed by atoms with Crippen molar-refractivity contribution in [1.29, 1.82) is 0 Å². The lowest BCUT2D eigenvalue weighted by molar-refractivity contribution is -0.149. The summed E-state index contributed by atoms with van der Waals surface area (Å²) in [5.74, 6) is -1.98. The standard InChI is InChI=1S/C22H24FNO5/c1-14(2)19(24-22(27)28-13-16-7-5-4-6-8-16)21(26)29-15(3)20(25)17-9-11-18(23)12-10-17/h4-12,14-15,19H,13H2,1-3H3,(H,24,27)/t15-,19+/m1/s1. The molecule has 1 amide bonds. The van der Waals surface area contributed by atoms with Gasteiger partial charge >= 0.3 is 12.1 Å². The van der Waals surface area contributed by atoms with Gasteiger partial charge in [-0.25, -0.2) is 14.0 Å². The van der Waals surface area contributed by atoms with E-state index in [1.807, 2.05) is 30.3 Å². The molecule has 0 aromatic heterocycles. The Bertz CT molecular complexity index is 836. The number of ketones is 1. The molecule has 1 N–H and O–H groups in total. The number of ether oxygens (including phenoxy) is 2. The van der Waals surface area contributed by atoms with Crippen LogP contribution >= 0.6 is 0 Å². The van der Waals surface area contributed by atoms with Gasteiger partial charge in [-0.3, -0.25) is 4.79 Å². The number of Topliss-reactive ketones (excluding diaryl/α,β-unsaturated/α-hetero) is 1. The van der Waals surface area contributed by atoms with Crippen molar-refractivity contribution in [2.75, 3.05) is 0 Å². The third-order valence-corrected chi connectivity index (χ3v) is 4.20. The molecular formula is C22H24FNO5. The number of benzene rings is 2. The van der Waals surface area contributed by atoms with Gasteiger partial charge in [0.1, 0.15) is 18.5 Å². The third kappa shape index (κ3) is 6.71. The van der Waals surface area contributed by atoms with Gasteiger partial charge in [-0.2, -0.15) is 0 Å². The van der Waals surface area contributed by atoms with Crippen molar-refractivity contribution in [1.82, 2.24) is 5.32 Å². The van der Waals surface area contributed by atoms with E-state index in [-0.39, 0.29) is 18.1 Å². The summed E-state index contributed by atoms with van der Waals surface area (Å²) in [6, 6.07) is 13.1. The maximum absolute atomic E-state index is 13.0. The van der Waals surface area contributed by atoms with Crippen LogP contribution in [0.15, 0.2) is 54.6 Å².